The van der Waals surface area contributed by atoms with E-state index in [1.807, 2.05) is 11.3 Å². The van der Waals surface area contributed by atoms with Gasteiger partial charge in [0.2, 0.25) is 0 Å². The number of nitrogens with one attached hydrogen (secondary N) is 1. The van der Waals surface area contributed by atoms with E-state index in [4.69, 9.17) is 0 Å². The van der Waals surface area contributed by atoms with Crippen LogP contribution in [0.4, 0.5) is 0 Å². The maximum atomic E-state index is 3.85. The third-order valence-corrected chi connectivity index (χ3v) is 5.87. The molecule has 2 nitrogen and oxygen atoms in total. The maximum absolute atomic E-state index is 3.85. The van der Waals surface area contributed by atoms with Crippen molar-refractivity contribution in [2.45, 2.75) is 64.5 Å². The van der Waals surface area contributed by atoms with Gasteiger partial charge in [0.05, 0.1) is 0 Å². The zero-order valence-corrected chi connectivity index (χ0v) is 14.1. The molecule has 1 aromatic rings. The van der Waals surface area contributed by atoms with E-state index in [1.54, 1.807) is 0 Å². The Balaban J connectivity index is 1.98. The fourth-order valence-corrected chi connectivity index (χ4v) is 4.05. The van der Waals surface area contributed by atoms with E-state index in [0.717, 1.165) is 6.04 Å². The highest BCUT2D eigenvalue weighted by Gasteiger charge is 2.35. The van der Waals surface area contributed by atoms with E-state index in [-0.39, 0.29) is 0 Å². The summed E-state index contributed by atoms with van der Waals surface area (Å²) in [5.41, 5.74) is 0.347. The Morgan fingerprint density at radius 3 is 2.75 bits per heavy atom. The van der Waals surface area contributed by atoms with Crippen molar-refractivity contribution in [3.05, 3.63) is 22.4 Å². The maximum Gasteiger partial charge on any atom is 0.0304 e. The lowest BCUT2D eigenvalue weighted by molar-refractivity contribution is 0.0691. The average Bonchev–Trinajstić information content (AvgIpc) is 3.00. The summed E-state index contributed by atoms with van der Waals surface area (Å²) in [5.74, 6) is 0. The average molecular weight is 295 g/mol. The molecule has 0 bridgehead atoms. The Morgan fingerprint density at radius 1 is 1.35 bits per heavy atom. The molecule has 2 heterocycles. The molecule has 1 aromatic heterocycles. The summed E-state index contributed by atoms with van der Waals surface area (Å²) in [6.45, 7) is 10.6. The van der Waals surface area contributed by atoms with Gasteiger partial charge in [0.25, 0.3) is 0 Å². The minimum Gasteiger partial charge on any atom is -0.308 e. The van der Waals surface area contributed by atoms with Crippen LogP contribution in [-0.2, 0) is 6.42 Å². The van der Waals surface area contributed by atoms with Crippen molar-refractivity contribution >= 4 is 11.3 Å². The van der Waals surface area contributed by atoms with Crippen molar-refractivity contribution in [3.8, 4) is 0 Å². The second-order valence-electron chi connectivity index (χ2n) is 6.11. The van der Waals surface area contributed by atoms with Gasteiger partial charge in [0.15, 0.2) is 0 Å². The molecule has 0 radical (unpaired) electrons. The van der Waals surface area contributed by atoms with Crippen molar-refractivity contribution in [2.24, 2.45) is 0 Å². The predicted molar refractivity (Wildman–Crippen MR) is 89.6 cm³/mol. The summed E-state index contributed by atoms with van der Waals surface area (Å²) in [6, 6.07) is 5.17. The molecule has 2 rings (SSSR count). The molecular formula is C17H30N2S. The SMILES string of the molecule is CCCC1CNC(CC)(CC)CN1CCc1cccs1. The third-order valence-electron chi connectivity index (χ3n) is 4.94. The van der Waals surface area contributed by atoms with Crippen molar-refractivity contribution in [1.82, 2.24) is 10.2 Å². The van der Waals surface area contributed by atoms with Crippen LogP contribution in [0.2, 0.25) is 0 Å². The van der Waals surface area contributed by atoms with E-state index in [2.05, 4.69) is 48.5 Å². The predicted octanol–water partition coefficient (Wildman–Crippen LogP) is 3.92. The highest BCUT2D eigenvalue weighted by atomic mass is 32.1. The Labute approximate surface area is 128 Å². The van der Waals surface area contributed by atoms with Crippen LogP contribution >= 0.6 is 11.3 Å². The van der Waals surface area contributed by atoms with Crippen LogP contribution in [0.1, 0.15) is 51.3 Å². The van der Waals surface area contributed by atoms with E-state index in [1.165, 1.54) is 56.6 Å². The van der Waals surface area contributed by atoms with Crippen LogP contribution in [0.15, 0.2) is 17.5 Å². The van der Waals surface area contributed by atoms with Gasteiger partial charge in [-0.05, 0) is 37.1 Å². The molecule has 1 fully saturated rings. The Kier molecular flexibility index (Phi) is 6.06. The number of hydrogen-bond acceptors (Lipinski definition) is 3. The van der Waals surface area contributed by atoms with Crippen molar-refractivity contribution in [3.63, 3.8) is 0 Å². The van der Waals surface area contributed by atoms with Crippen LogP contribution in [-0.4, -0.2) is 36.1 Å². The van der Waals surface area contributed by atoms with Crippen LogP contribution in [0.3, 0.4) is 0 Å². The van der Waals surface area contributed by atoms with Gasteiger partial charge in [-0.1, -0.05) is 33.3 Å². The minimum absolute atomic E-state index is 0.347. The highest BCUT2D eigenvalue weighted by Crippen LogP contribution is 2.25. The lowest BCUT2D eigenvalue weighted by atomic mass is 9.87. The third kappa shape index (κ3) is 3.84. The molecule has 20 heavy (non-hydrogen) atoms. The molecule has 0 saturated carbocycles. The second kappa shape index (κ2) is 7.58. The summed E-state index contributed by atoms with van der Waals surface area (Å²) in [6.07, 6.45) is 6.28. The minimum atomic E-state index is 0.347. The van der Waals surface area contributed by atoms with Gasteiger partial charge < -0.3 is 5.32 Å². The van der Waals surface area contributed by atoms with E-state index in [9.17, 15) is 0 Å². The molecular weight excluding hydrogens is 264 g/mol. The molecule has 1 unspecified atom stereocenters. The van der Waals surface area contributed by atoms with E-state index in [0.29, 0.717) is 5.54 Å². The van der Waals surface area contributed by atoms with Gasteiger partial charge in [-0.15, -0.1) is 11.3 Å². The zero-order valence-electron chi connectivity index (χ0n) is 13.3. The lowest BCUT2D eigenvalue weighted by Crippen LogP contribution is -2.64. The molecule has 0 spiro atoms. The van der Waals surface area contributed by atoms with E-state index < -0.39 is 0 Å². The Bertz CT molecular complexity index is 370. The normalized spacial score (nSPS) is 23.1. The molecule has 114 valence electrons. The van der Waals surface area contributed by atoms with Gasteiger partial charge in [-0.25, -0.2) is 0 Å². The molecule has 3 heteroatoms. The monoisotopic (exact) mass is 294 g/mol. The van der Waals surface area contributed by atoms with Gasteiger partial charge in [0, 0.05) is 36.1 Å². The standard InChI is InChI=1S/C17H30N2S/c1-4-8-15-13-18-17(5-2,6-3)14-19(15)11-10-16-9-7-12-20-16/h7,9,12,15,18H,4-6,8,10-11,13-14H2,1-3H3. The number of rotatable bonds is 7. The van der Waals surface area contributed by atoms with Gasteiger partial charge in [0.1, 0.15) is 0 Å². The first-order chi connectivity index (χ1) is 9.73. The second-order valence-corrected chi connectivity index (χ2v) is 7.14. The van der Waals surface area contributed by atoms with Crippen molar-refractivity contribution in [1.29, 1.82) is 0 Å². The molecule has 1 saturated heterocycles. The molecule has 1 aliphatic heterocycles. The van der Waals surface area contributed by atoms with Crippen LogP contribution in [0.5, 0.6) is 0 Å². The summed E-state index contributed by atoms with van der Waals surface area (Å²) in [5, 5.41) is 6.04. The van der Waals surface area contributed by atoms with Crippen LogP contribution < -0.4 is 5.32 Å². The molecule has 1 atom stereocenters. The molecule has 0 amide bonds. The fourth-order valence-electron chi connectivity index (χ4n) is 3.35. The number of piperazine rings is 1. The number of hydrogen-bond donors (Lipinski definition) is 1. The summed E-state index contributed by atoms with van der Waals surface area (Å²) < 4.78 is 0. The summed E-state index contributed by atoms with van der Waals surface area (Å²) in [4.78, 5) is 4.28. The zero-order chi connectivity index (χ0) is 14.4. The lowest BCUT2D eigenvalue weighted by Gasteiger charge is -2.47. The van der Waals surface area contributed by atoms with Gasteiger partial charge >= 0.3 is 0 Å². The number of thiophene rings is 1. The molecule has 1 aliphatic rings. The van der Waals surface area contributed by atoms with Crippen molar-refractivity contribution in [2.75, 3.05) is 19.6 Å². The summed E-state index contributed by atoms with van der Waals surface area (Å²) >= 11 is 1.90. The quantitative estimate of drug-likeness (QED) is 0.820. The molecule has 1 N–H and O–H groups in total. The fraction of sp³-hybridized carbons (Fsp3) is 0.765. The number of nitrogens with zero attached hydrogens (tertiary/aromatic N) is 1. The highest BCUT2D eigenvalue weighted by molar-refractivity contribution is 7.09. The van der Waals surface area contributed by atoms with E-state index >= 15 is 0 Å². The van der Waals surface area contributed by atoms with Crippen LogP contribution in [0, 0.1) is 0 Å². The van der Waals surface area contributed by atoms with Crippen molar-refractivity contribution < 1.29 is 0 Å². The largest absolute Gasteiger partial charge is 0.308 e. The summed E-state index contributed by atoms with van der Waals surface area (Å²) in [7, 11) is 0. The van der Waals surface area contributed by atoms with Gasteiger partial charge in [-0.2, -0.15) is 0 Å². The Hall–Kier alpha value is -0.380. The van der Waals surface area contributed by atoms with Gasteiger partial charge in [-0.3, -0.25) is 4.90 Å². The first kappa shape index (κ1) is 16.0. The first-order valence-electron chi connectivity index (χ1n) is 8.24. The molecule has 0 aromatic carbocycles. The smallest absolute Gasteiger partial charge is 0.0304 e. The topological polar surface area (TPSA) is 15.3 Å². The molecule has 0 aliphatic carbocycles. The van der Waals surface area contributed by atoms with Crippen LogP contribution in [0.25, 0.3) is 0 Å². The Morgan fingerprint density at radius 2 is 2.15 bits per heavy atom. The first-order valence-corrected chi connectivity index (χ1v) is 9.12.